The van der Waals surface area contributed by atoms with E-state index < -0.39 is 0 Å². The normalized spacial score (nSPS) is 10.5. The van der Waals surface area contributed by atoms with Gasteiger partial charge in [-0.2, -0.15) is 0 Å². The van der Waals surface area contributed by atoms with Crippen molar-refractivity contribution in [3.8, 4) is 0 Å². The fourth-order valence-electron chi connectivity index (χ4n) is 1.46. The van der Waals surface area contributed by atoms with Gasteiger partial charge in [0.2, 0.25) is 0 Å². The summed E-state index contributed by atoms with van der Waals surface area (Å²) in [4.78, 5) is 11.0. The molecule has 0 saturated carbocycles. The lowest BCUT2D eigenvalue weighted by Gasteiger charge is -2.02. The number of methoxy groups -OCH3 is 2. The predicted octanol–water partition coefficient (Wildman–Crippen LogP) is 0.787. The predicted molar refractivity (Wildman–Crippen MR) is 64.6 cm³/mol. The van der Waals surface area contributed by atoms with Crippen molar-refractivity contribution in [3.63, 3.8) is 0 Å². The molecule has 0 amide bonds. The Bertz CT molecular complexity index is 336. The number of rotatable bonds is 8. The van der Waals surface area contributed by atoms with E-state index in [0.717, 1.165) is 13.1 Å². The van der Waals surface area contributed by atoms with Crippen molar-refractivity contribution in [2.45, 2.75) is 19.5 Å². The highest BCUT2D eigenvalue weighted by molar-refractivity contribution is 5.68. The molecular formula is C12H20N2O3. The maximum atomic E-state index is 11.0. The van der Waals surface area contributed by atoms with Crippen LogP contribution in [0.4, 0.5) is 0 Å². The summed E-state index contributed by atoms with van der Waals surface area (Å²) in [6, 6.07) is 2.04. The fourth-order valence-corrected chi connectivity index (χ4v) is 1.46. The minimum Gasteiger partial charge on any atom is -0.469 e. The van der Waals surface area contributed by atoms with Crippen LogP contribution in [0.25, 0.3) is 0 Å². The van der Waals surface area contributed by atoms with Gasteiger partial charge in [-0.05, 0) is 11.6 Å². The Morgan fingerprint density at radius 3 is 3.00 bits per heavy atom. The van der Waals surface area contributed by atoms with Crippen LogP contribution >= 0.6 is 0 Å². The van der Waals surface area contributed by atoms with Gasteiger partial charge in [-0.1, -0.05) is 0 Å². The zero-order valence-corrected chi connectivity index (χ0v) is 10.4. The Morgan fingerprint density at radius 1 is 1.47 bits per heavy atom. The minimum absolute atomic E-state index is 0.182. The molecular weight excluding hydrogens is 220 g/mol. The van der Waals surface area contributed by atoms with Crippen molar-refractivity contribution in [1.29, 1.82) is 0 Å². The van der Waals surface area contributed by atoms with Gasteiger partial charge in [0.25, 0.3) is 0 Å². The quantitative estimate of drug-likeness (QED) is 0.539. The molecule has 1 heterocycles. The number of carbonyl (C=O) groups is 1. The number of carbonyl (C=O) groups excluding carboxylic acids is 1. The van der Waals surface area contributed by atoms with Crippen LogP contribution in [-0.2, 0) is 27.4 Å². The second-order valence-corrected chi connectivity index (χ2v) is 3.75. The Balaban J connectivity index is 2.25. The highest BCUT2D eigenvalue weighted by atomic mass is 16.5. The molecule has 17 heavy (non-hydrogen) atoms. The molecule has 1 N–H and O–H groups in total. The lowest BCUT2D eigenvalue weighted by Crippen LogP contribution is -2.18. The number of ether oxygens (including phenoxy) is 2. The number of nitrogens with one attached hydrogen (secondary N) is 1. The van der Waals surface area contributed by atoms with Gasteiger partial charge < -0.3 is 19.4 Å². The Kier molecular flexibility index (Phi) is 6.35. The van der Waals surface area contributed by atoms with Crippen LogP contribution in [0.1, 0.15) is 12.0 Å². The standard InChI is InChI=1S/C12H20N2O3/c1-16-8-5-13-9-11-3-6-14(10-11)7-4-12(15)17-2/h3,6,10,13H,4-5,7-9H2,1-2H3. The molecule has 0 fully saturated rings. The van der Waals surface area contributed by atoms with Gasteiger partial charge in [0.15, 0.2) is 0 Å². The van der Waals surface area contributed by atoms with Gasteiger partial charge in [0.05, 0.1) is 20.1 Å². The summed E-state index contributed by atoms with van der Waals surface area (Å²) in [6.07, 6.45) is 4.40. The number of esters is 1. The third-order valence-electron chi connectivity index (χ3n) is 2.43. The summed E-state index contributed by atoms with van der Waals surface area (Å²) in [6.45, 7) is 3.02. The van der Waals surface area contributed by atoms with Gasteiger partial charge in [-0.3, -0.25) is 4.79 Å². The summed E-state index contributed by atoms with van der Waals surface area (Å²) in [5.41, 5.74) is 1.20. The van der Waals surface area contributed by atoms with E-state index >= 15 is 0 Å². The largest absolute Gasteiger partial charge is 0.469 e. The van der Waals surface area contributed by atoms with Crippen LogP contribution in [0.2, 0.25) is 0 Å². The zero-order chi connectivity index (χ0) is 12.5. The molecule has 5 nitrogen and oxygen atoms in total. The molecule has 0 aliphatic rings. The topological polar surface area (TPSA) is 52.5 Å². The van der Waals surface area contributed by atoms with E-state index in [-0.39, 0.29) is 5.97 Å². The van der Waals surface area contributed by atoms with Crippen molar-refractivity contribution in [3.05, 3.63) is 24.0 Å². The molecule has 96 valence electrons. The van der Waals surface area contributed by atoms with Crippen LogP contribution in [0.5, 0.6) is 0 Å². The summed E-state index contributed by atoms with van der Waals surface area (Å²) < 4.78 is 11.5. The summed E-state index contributed by atoms with van der Waals surface area (Å²) in [5.74, 6) is -0.182. The van der Waals surface area contributed by atoms with E-state index in [1.54, 1.807) is 7.11 Å². The van der Waals surface area contributed by atoms with Crippen molar-refractivity contribution in [2.75, 3.05) is 27.4 Å². The van der Waals surface area contributed by atoms with Crippen molar-refractivity contribution in [2.24, 2.45) is 0 Å². The van der Waals surface area contributed by atoms with Crippen LogP contribution in [0.15, 0.2) is 18.5 Å². The fraction of sp³-hybridized carbons (Fsp3) is 0.583. The monoisotopic (exact) mass is 240 g/mol. The molecule has 1 aromatic heterocycles. The summed E-state index contributed by atoms with van der Waals surface area (Å²) >= 11 is 0. The summed E-state index contributed by atoms with van der Waals surface area (Å²) in [5, 5.41) is 3.26. The Labute approximate surface area is 102 Å². The molecule has 0 atom stereocenters. The van der Waals surface area contributed by atoms with Crippen LogP contribution in [0.3, 0.4) is 0 Å². The Morgan fingerprint density at radius 2 is 2.29 bits per heavy atom. The molecule has 0 unspecified atom stereocenters. The number of aryl methyl sites for hydroxylation is 1. The lowest BCUT2D eigenvalue weighted by molar-refractivity contribution is -0.140. The molecule has 1 aromatic rings. The first-order chi connectivity index (χ1) is 8.26. The Hall–Kier alpha value is -1.33. The zero-order valence-electron chi connectivity index (χ0n) is 10.4. The molecule has 0 radical (unpaired) electrons. The van der Waals surface area contributed by atoms with Gasteiger partial charge in [0.1, 0.15) is 0 Å². The lowest BCUT2D eigenvalue weighted by atomic mass is 10.3. The molecule has 1 rings (SSSR count). The van der Waals surface area contributed by atoms with E-state index in [4.69, 9.17) is 4.74 Å². The van der Waals surface area contributed by atoms with E-state index in [2.05, 4.69) is 10.1 Å². The molecule has 0 aliphatic heterocycles. The average molecular weight is 240 g/mol. The SMILES string of the molecule is COCCNCc1ccn(CCC(=O)OC)c1. The van der Waals surface area contributed by atoms with E-state index in [1.807, 2.05) is 23.0 Å². The molecule has 5 heteroatoms. The molecule has 0 aliphatic carbocycles. The number of aromatic nitrogens is 1. The van der Waals surface area contributed by atoms with Crippen LogP contribution < -0.4 is 5.32 Å². The highest BCUT2D eigenvalue weighted by Gasteiger charge is 2.01. The van der Waals surface area contributed by atoms with Gasteiger partial charge in [-0.15, -0.1) is 0 Å². The van der Waals surface area contributed by atoms with E-state index in [9.17, 15) is 4.79 Å². The van der Waals surface area contributed by atoms with Crippen molar-refractivity contribution >= 4 is 5.97 Å². The highest BCUT2D eigenvalue weighted by Crippen LogP contribution is 2.02. The van der Waals surface area contributed by atoms with Crippen LogP contribution in [0, 0.1) is 0 Å². The third kappa shape index (κ3) is 5.51. The minimum atomic E-state index is -0.182. The maximum Gasteiger partial charge on any atom is 0.307 e. The van der Waals surface area contributed by atoms with E-state index in [1.165, 1.54) is 12.7 Å². The first-order valence-corrected chi connectivity index (χ1v) is 5.67. The number of nitrogens with zero attached hydrogens (tertiary/aromatic N) is 1. The maximum absolute atomic E-state index is 11.0. The van der Waals surface area contributed by atoms with Gasteiger partial charge in [0, 0.05) is 39.1 Å². The molecule has 0 bridgehead atoms. The number of hydrogen-bond donors (Lipinski definition) is 1. The van der Waals surface area contributed by atoms with Crippen molar-refractivity contribution < 1.29 is 14.3 Å². The van der Waals surface area contributed by atoms with Crippen LogP contribution in [-0.4, -0.2) is 37.9 Å². The van der Waals surface area contributed by atoms with E-state index in [0.29, 0.717) is 19.6 Å². The molecule has 0 aromatic carbocycles. The smallest absolute Gasteiger partial charge is 0.307 e. The van der Waals surface area contributed by atoms with Gasteiger partial charge in [-0.25, -0.2) is 0 Å². The summed E-state index contributed by atoms with van der Waals surface area (Å²) in [7, 11) is 3.09. The molecule has 0 spiro atoms. The first-order valence-electron chi connectivity index (χ1n) is 5.67. The average Bonchev–Trinajstić information content (AvgIpc) is 2.79. The number of hydrogen-bond acceptors (Lipinski definition) is 4. The second kappa shape index (κ2) is 7.86. The third-order valence-corrected chi connectivity index (χ3v) is 2.43. The molecule has 0 saturated heterocycles. The first kappa shape index (κ1) is 13.7. The van der Waals surface area contributed by atoms with Gasteiger partial charge >= 0.3 is 5.97 Å². The van der Waals surface area contributed by atoms with Crippen molar-refractivity contribution in [1.82, 2.24) is 9.88 Å². The second-order valence-electron chi connectivity index (χ2n) is 3.75.